The largest absolute Gasteiger partial charge is 0.326 e. The Hall–Kier alpha value is -1.89. The number of amides is 2. The molecule has 112 valence electrons. The molecule has 5 heteroatoms. The van der Waals surface area contributed by atoms with E-state index in [9.17, 15) is 9.59 Å². The highest BCUT2D eigenvalue weighted by molar-refractivity contribution is 14.1. The van der Waals surface area contributed by atoms with Gasteiger partial charge in [-0.05, 0) is 65.8 Å². The summed E-state index contributed by atoms with van der Waals surface area (Å²) in [6, 6.07) is 14.6. The van der Waals surface area contributed by atoms with Crippen LogP contribution in [0.3, 0.4) is 0 Å². The van der Waals surface area contributed by atoms with Gasteiger partial charge in [-0.25, -0.2) is 0 Å². The Morgan fingerprint density at radius 1 is 0.955 bits per heavy atom. The molecule has 0 bridgehead atoms. The number of anilines is 2. The molecule has 2 aromatic rings. The second-order valence-corrected chi connectivity index (χ2v) is 6.44. The summed E-state index contributed by atoms with van der Waals surface area (Å²) in [6.07, 6.45) is 1.93. The molecule has 0 unspecified atom stereocenters. The minimum atomic E-state index is -0.157. The molecule has 2 aromatic carbocycles. The summed E-state index contributed by atoms with van der Waals surface area (Å²) in [7, 11) is 0. The minimum Gasteiger partial charge on any atom is -0.326 e. The van der Waals surface area contributed by atoms with Crippen LogP contribution in [0.4, 0.5) is 11.4 Å². The Morgan fingerprint density at radius 2 is 1.64 bits per heavy atom. The van der Waals surface area contributed by atoms with E-state index in [-0.39, 0.29) is 17.7 Å². The maximum Gasteiger partial charge on any atom is 0.256 e. The van der Waals surface area contributed by atoms with E-state index < -0.39 is 0 Å². The lowest BCUT2D eigenvalue weighted by Gasteiger charge is -2.09. The molecule has 0 aromatic heterocycles. The molecular weight excluding hydrogens is 391 g/mol. The summed E-state index contributed by atoms with van der Waals surface area (Å²) in [6.45, 7) is 0. The molecule has 1 aliphatic rings. The molecule has 3 rings (SSSR count). The van der Waals surface area contributed by atoms with E-state index in [4.69, 9.17) is 0 Å². The molecular formula is C17H15IN2O2. The van der Waals surface area contributed by atoms with Gasteiger partial charge in [0, 0.05) is 20.9 Å². The fourth-order valence-electron chi connectivity index (χ4n) is 2.11. The highest BCUT2D eigenvalue weighted by Gasteiger charge is 2.29. The quantitative estimate of drug-likeness (QED) is 0.757. The van der Waals surface area contributed by atoms with Crippen molar-refractivity contribution in [2.24, 2.45) is 5.92 Å². The Bertz CT molecular complexity index is 726. The molecule has 2 N–H and O–H groups in total. The van der Waals surface area contributed by atoms with Crippen LogP contribution in [0.25, 0.3) is 0 Å². The SMILES string of the molecule is O=C(Nc1cccc(NC(=O)C2CC2)c1)c1ccccc1I. The average Bonchev–Trinajstić information content (AvgIpc) is 3.32. The normalized spacial score (nSPS) is 13.5. The summed E-state index contributed by atoms with van der Waals surface area (Å²) >= 11 is 2.14. The number of carbonyl (C=O) groups is 2. The van der Waals surface area contributed by atoms with Crippen molar-refractivity contribution in [3.05, 3.63) is 57.7 Å². The zero-order valence-corrected chi connectivity index (χ0v) is 14.0. The first-order chi connectivity index (χ1) is 10.6. The van der Waals surface area contributed by atoms with Crippen LogP contribution in [-0.4, -0.2) is 11.8 Å². The van der Waals surface area contributed by atoms with E-state index >= 15 is 0 Å². The van der Waals surface area contributed by atoms with Crippen LogP contribution in [0, 0.1) is 9.49 Å². The van der Waals surface area contributed by atoms with E-state index in [0.717, 1.165) is 16.4 Å². The van der Waals surface area contributed by atoms with Gasteiger partial charge < -0.3 is 10.6 Å². The predicted octanol–water partition coefficient (Wildman–Crippen LogP) is 3.89. The van der Waals surface area contributed by atoms with Crippen molar-refractivity contribution in [3.63, 3.8) is 0 Å². The van der Waals surface area contributed by atoms with Gasteiger partial charge >= 0.3 is 0 Å². The molecule has 0 atom stereocenters. The Kier molecular flexibility index (Phi) is 4.42. The highest BCUT2D eigenvalue weighted by atomic mass is 127. The maximum atomic E-state index is 12.3. The highest BCUT2D eigenvalue weighted by Crippen LogP contribution is 2.30. The van der Waals surface area contributed by atoms with Crippen molar-refractivity contribution in [2.45, 2.75) is 12.8 Å². The third kappa shape index (κ3) is 3.65. The van der Waals surface area contributed by atoms with Gasteiger partial charge in [-0.3, -0.25) is 9.59 Å². The maximum absolute atomic E-state index is 12.3. The van der Waals surface area contributed by atoms with Crippen LogP contribution in [-0.2, 0) is 4.79 Å². The number of nitrogens with one attached hydrogen (secondary N) is 2. The second-order valence-electron chi connectivity index (χ2n) is 5.28. The minimum absolute atomic E-state index is 0.0566. The van der Waals surface area contributed by atoms with Crippen LogP contribution >= 0.6 is 22.6 Å². The van der Waals surface area contributed by atoms with E-state index in [1.54, 1.807) is 18.2 Å². The molecule has 4 nitrogen and oxygen atoms in total. The van der Waals surface area contributed by atoms with Gasteiger partial charge in [0.2, 0.25) is 5.91 Å². The van der Waals surface area contributed by atoms with Gasteiger partial charge in [0.15, 0.2) is 0 Å². The summed E-state index contributed by atoms with van der Waals surface area (Å²) < 4.78 is 0.899. The second kappa shape index (κ2) is 6.48. The summed E-state index contributed by atoms with van der Waals surface area (Å²) in [4.78, 5) is 24.1. The zero-order chi connectivity index (χ0) is 15.5. The first kappa shape index (κ1) is 15.0. The molecule has 0 saturated heterocycles. The molecule has 22 heavy (non-hydrogen) atoms. The third-order valence-corrected chi connectivity index (χ3v) is 4.40. The van der Waals surface area contributed by atoms with E-state index in [1.807, 2.05) is 30.3 Å². The lowest BCUT2D eigenvalue weighted by atomic mass is 10.2. The fourth-order valence-corrected chi connectivity index (χ4v) is 2.74. The van der Waals surface area contributed by atoms with Crippen LogP contribution in [0.15, 0.2) is 48.5 Å². The Balaban J connectivity index is 1.71. The number of rotatable bonds is 4. The van der Waals surface area contributed by atoms with E-state index in [2.05, 4.69) is 33.2 Å². The molecule has 0 aliphatic heterocycles. The lowest BCUT2D eigenvalue weighted by molar-refractivity contribution is -0.117. The van der Waals surface area contributed by atoms with Gasteiger partial charge in [-0.2, -0.15) is 0 Å². The molecule has 2 amide bonds. The van der Waals surface area contributed by atoms with Gasteiger partial charge in [0.05, 0.1) is 5.56 Å². The number of hydrogen-bond acceptors (Lipinski definition) is 2. The average molecular weight is 406 g/mol. The lowest BCUT2D eigenvalue weighted by Crippen LogP contribution is -2.15. The fraction of sp³-hybridized carbons (Fsp3) is 0.176. The van der Waals surface area contributed by atoms with Gasteiger partial charge in [0.1, 0.15) is 0 Å². The van der Waals surface area contributed by atoms with Crippen LogP contribution in [0.5, 0.6) is 0 Å². The molecule has 1 fully saturated rings. The Morgan fingerprint density at radius 3 is 2.32 bits per heavy atom. The van der Waals surface area contributed by atoms with Crippen molar-refractivity contribution >= 4 is 45.8 Å². The van der Waals surface area contributed by atoms with Gasteiger partial charge in [0.25, 0.3) is 5.91 Å². The number of benzene rings is 2. The smallest absolute Gasteiger partial charge is 0.256 e. The molecule has 1 aliphatic carbocycles. The third-order valence-electron chi connectivity index (χ3n) is 3.45. The van der Waals surface area contributed by atoms with E-state index in [1.165, 1.54) is 0 Å². The monoisotopic (exact) mass is 406 g/mol. The topological polar surface area (TPSA) is 58.2 Å². The van der Waals surface area contributed by atoms with Crippen molar-refractivity contribution in [1.82, 2.24) is 0 Å². The van der Waals surface area contributed by atoms with Crippen molar-refractivity contribution in [3.8, 4) is 0 Å². The van der Waals surface area contributed by atoms with E-state index in [0.29, 0.717) is 16.9 Å². The molecule has 0 heterocycles. The van der Waals surface area contributed by atoms with Gasteiger partial charge in [-0.15, -0.1) is 0 Å². The van der Waals surface area contributed by atoms with Crippen molar-refractivity contribution in [2.75, 3.05) is 10.6 Å². The van der Waals surface area contributed by atoms with Crippen LogP contribution < -0.4 is 10.6 Å². The Labute approximate surface area is 142 Å². The number of hydrogen-bond donors (Lipinski definition) is 2. The number of carbonyl (C=O) groups excluding carboxylic acids is 2. The van der Waals surface area contributed by atoms with Crippen molar-refractivity contribution < 1.29 is 9.59 Å². The summed E-state index contributed by atoms with van der Waals surface area (Å²) in [5.41, 5.74) is 2.01. The zero-order valence-electron chi connectivity index (χ0n) is 11.8. The van der Waals surface area contributed by atoms with Crippen molar-refractivity contribution in [1.29, 1.82) is 0 Å². The summed E-state index contributed by atoms with van der Waals surface area (Å²) in [5.74, 6) is 0.0564. The van der Waals surface area contributed by atoms with Crippen LogP contribution in [0.2, 0.25) is 0 Å². The van der Waals surface area contributed by atoms with Crippen LogP contribution in [0.1, 0.15) is 23.2 Å². The first-order valence-corrected chi connectivity index (χ1v) is 8.18. The standard InChI is InChI=1S/C17H15IN2O2/c18-15-7-2-1-6-14(15)17(22)20-13-5-3-4-12(10-13)19-16(21)11-8-9-11/h1-7,10-11H,8-9H2,(H,19,21)(H,20,22). The molecule has 0 spiro atoms. The molecule has 1 saturated carbocycles. The predicted molar refractivity (Wildman–Crippen MR) is 94.9 cm³/mol. The first-order valence-electron chi connectivity index (χ1n) is 7.10. The molecule has 0 radical (unpaired) electrons. The summed E-state index contributed by atoms with van der Waals surface area (Å²) in [5, 5.41) is 5.74. The number of halogens is 1. The van der Waals surface area contributed by atoms with Gasteiger partial charge in [-0.1, -0.05) is 18.2 Å².